The number of carbonyl (C=O) groups excluding carboxylic acids is 4. The van der Waals surface area contributed by atoms with E-state index >= 15 is 0 Å². The zero-order valence-electron chi connectivity index (χ0n) is 22.0. The molecule has 36 heavy (non-hydrogen) atoms. The molecule has 8 heteroatoms. The van der Waals surface area contributed by atoms with E-state index in [1.54, 1.807) is 0 Å². The highest BCUT2D eigenvalue weighted by atomic mass is 16.6. The Morgan fingerprint density at radius 3 is 2.28 bits per heavy atom. The van der Waals surface area contributed by atoms with Gasteiger partial charge in [-0.25, -0.2) is 0 Å². The highest BCUT2D eigenvalue weighted by Crippen LogP contribution is 2.70. The van der Waals surface area contributed by atoms with Gasteiger partial charge in [0.1, 0.15) is 24.7 Å². The van der Waals surface area contributed by atoms with E-state index in [0.29, 0.717) is 19.3 Å². The predicted molar refractivity (Wildman–Crippen MR) is 129 cm³/mol. The van der Waals surface area contributed by atoms with Gasteiger partial charge in [-0.3, -0.25) is 14.4 Å². The Hall–Kier alpha value is -2.38. The third-order valence-electron chi connectivity index (χ3n) is 10.3. The molecule has 1 aliphatic heterocycles. The Labute approximate surface area is 212 Å². The lowest BCUT2D eigenvalue weighted by Crippen LogP contribution is -2.63. The molecule has 198 valence electrons. The summed E-state index contributed by atoms with van der Waals surface area (Å²) >= 11 is 0. The molecule has 0 radical (unpaired) electrons. The van der Waals surface area contributed by atoms with Gasteiger partial charge in [-0.1, -0.05) is 19.4 Å². The molecule has 5 aliphatic rings. The molecule has 4 aliphatic carbocycles. The number of hydrogen-bond acceptors (Lipinski definition) is 7. The summed E-state index contributed by atoms with van der Waals surface area (Å²) < 4.78 is 23.8. The fourth-order valence-corrected chi connectivity index (χ4v) is 8.93. The van der Waals surface area contributed by atoms with Crippen molar-refractivity contribution in [1.29, 1.82) is 0 Å². The lowest BCUT2D eigenvalue weighted by atomic mass is 9.45. The van der Waals surface area contributed by atoms with E-state index in [-0.39, 0.29) is 64.7 Å². The molecule has 0 aromatic heterocycles. The Morgan fingerprint density at radius 1 is 0.972 bits per heavy atom. The number of esters is 4. The number of hydrogen-bond donors (Lipinski definition) is 0. The molecular weight excluding hydrogens is 464 g/mol. The molecule has 3 saturated carbocycles. The van der Waals surface area contributed by atoms with E-state index in [1.165, 1.54) is 20.8 Å². The van der Waals surface area contributed by atoms with E-state index in [1.807, 2.05) is 0 Å². The van der Waals surface area contributed by atoms with Crippen LogP contribution in [-0.4, -0.2) is 52.6 Å². The van der Waals surface area contributed by atoms with E-state index in [0.717, 1.165) is 37.7 Å². The maximum atomic E-state index is 12.4. The van der Waals surface area contributed by atoms with Gasteiger partial charge < -0.3 is 23.7 Å². The van der Waals surface area contributed by atoms with Crippen LogP contribution in [-0.2, 0) is 33.3 Å². The zero-order chi connectivity index (χ0) is 26.0. The monoisotopic (exact) mass is 503 g/mol. The molecule has 4 fully saturated rings. The Bertz CT molecular complexity index is 1020. The van der Waals surface area contributed by atoms with Crippen molar-refractivity contribution in [3.63, 3.8) is 0 Å². The first-order valence-electron chi connectivity index (χ1n) is 13.4. The predicted octanol–water partition coefficient (Wildman–Crippen LogP) is 4.02. The lowest BCUT2D eigenvalue weighted by Gasteiger charge is -2.61. The van der Waals surface area contributed by atoms with Crippen LogP contribution in [0.4, 0.5) is 0 Å². The fraction of sp³-hybridized carbons (Fsp3) is 0.786. The topological polar surface area (TPSA) is 110 Å². The quantitative estimate of drug-likeness (QED) is 0.248. The molecule has 1 spiro atoms. The maximum absolute atomic E-state index is 12.4. The van der Waals surface area contributed by atoms with E-state index in [9.17, 15) is 19.2 Å². The standard InChI is InChI=1S/C28H38O8/c1-15(29)33-19-6-9-26(4)18(12-19)13-21(34-16(2)30)24-20-7-10-28(11-8-23(32)36-28)27(20,5)14-22(25(24)26)35-17(3)31/h13,19-22,24-25H,6-12,14H2,1-5H3/p+1/t19-,20?,21-,22+,24?,25?,26-,27-,28?/m0/s1. The van der Waals surface area contributed by atoms with Crippen molar-refractivity contribution in [2.75, 3.05) is 0 Å². The van der Waals surface area contributed by atoms with Gasteiger partial charge in [-0.05, 0) is 43.1 Å². The number of ether oxygens (including phenoxy) is 4. The molecule has 1 heterocycles. The van der Waals surface area contributed by atoms with Crippen molar-refractivity contribution in [2.24, 2.45) is 28.6 Å². The summed E-state index contributed by atoms with van der Waals surface area (Å²) in [5.41, 5.74) is -0.0265. The molecule has 1 N–H and O–H groups in total. The van der Waals surface area contributed by atoms with Gasteiger partial charge in [0.25, 0.3) is 0 Å². The van der Waals surface area contributed by atoms with Gasteiger partial charge in [0.2, 0.25) is 5.60 Å². The van der Waals surface area contributed by atoms with Gasteiger partial charge >= 0.3 is 23.9 Å². The summed E-state index contributed by atoms with van der Waals surface area (Å²) in [6.45, 7) is 8.75. The Balaban J connectivity index is 1.61. The van der Waals surface area contributed by atoms with Gasteiger partial charge in [0, 0.05) is 57.3 Å². The molecule has 8 nitrogen and oxygen atoms in total. The van der Waals surface area contributed by atoms with Crippen LogP contribution in [0.5, 0.6) is 0 Å². The van der Waals surface area contributed by atoms with Crippen molar-refractivity contribution >= 4 is 23.9 Å². The minimum Gasteiger partial charge on any atom is -0.462 e. The summed E-state index contributed by atoms with van der Waals surface area (Å²) in [6, 6.07) is 0. The van der Waals surface area contributed by atoms with Gasteiger partial charge in [-0.2, -0.15) is 0 Å². The summed E-state index contributed by atoms with van der Waals surface area (Å²) in [4.78, 5) is 46.6. The van der Waals surface area contributed by atoms with Crippen LogP contribution in [0.1, 0.15) is 86.0 Å². The molecule has 0 aromatic carbocycles. The van der Waals surface area contributed by atoms with Gasteiger partial charge in [0.05, 0.1) is 0 Å². The van der Waals surface area contributed by atoms with Crippen molar-refractivity contribution in [3.8, 4) is 0 Å². The van der Waals surface area contributed by atoms with Crippen molar-refractivity contribution < 1.29 is 38.1 Å². The smallest absolute Gasteiger partial charge is 0.462 e. The number of fused-ring (bicyclic) bond motifs is 6. The minimum atomic E-state index is -0.510. The van der Waals surface area contributed by atoms with Crippen molar-refractivity contribution in [2.45, 2.75) is 110 Å². The minimum absolute atomic E-state index is 0.0452. The molecular formula is C28H39O8+. The second-order valence-electron chi connectivity index (χ2n) is 12.2. The van der Waals surface area contributed by atoms with Crippen LogP contribution < -0.4 is 0 Å². The highest BCUT2D eigenvalue weighted by molar-refractivity contribution is 5.74. The lowest BCUT2D eigenvalue weighted by molar-refractivity contribution is -0.203. The van der Waals surface area contributed by atoms with E-state index in [2.05, 4.69) is 19.9 Å². The third kappa shape index (κ3) is 3.77. The van der Waals surface area contributed by atoms with Crippen LogP contribution in [0.2, 0.25) is 0 Å². The number of rotatable bonds is 3. The van der Waals surface area contributed by atoms with E-state index in [4.69, 9.17) is 18.9 Å². The summed E-state index contributed by atoms with van der Waals surface area (Å²) in [5.74, 6) is -0.816. The average Bonchev–Trinajstić information content (AvgIpc) is 3.27. The first-order valence-corrected chi connectivity index (χ1v) is 13.4. The first kappa shape index (κ1) is 25.3. The number of carbonyl (C=O) groups is 3. The van der Waals surface area contributed by atoms with Crippen molar-refractivity contribution in [3.05, 3.63) is 11.6 Å². The maximum Gasteiger partial charge on any atom is 0.483 e. The van der Waals surface area contributed by atoms with Gasteiger partial charge in [0.15, 0.2) is 0 Å². The molecule has 5 rings (SSSR count). The van der Waals surface area contributed by atoms with Crippen molar-refractivity contribution in [1.82, 2.24) is 0 Å². The fourth-order valence-electron chi connectivity index (χ4n) is 8.93. The second-order valence-corrected chi connectivity index (χ2v) is 12.2. The summed E-state index contributed by atoms with van der Waals surface area (Å²) in [7, 11) is 0. The summed E-state index contributed by atoms with van der Waals surface area (Å²) in [6.07, 6.45) is 6.73. The molecule has 4 unspecified atom stereocenters. The Morgan fingerprint density at radius 2 is 1.67 bits per heavy atom. The van der Waals surface area contributed by atoms with Gasteiger partial charge in [-0.15, -0.1) is 0 Å². The highest BCUT2D eigenvalue weighted by Gasteiger charge is 2.74. The summed E-state index contributed by atoms with van der Waals surface area (Å²) in [5, 5.41) is 0. The van der Waals surface area contributed by atoms with Crippen LogP contribution in [0.25, 0.3) is 0 Å². The molecule has 1 saturated heterocycles. The Kier molecular flexibility index (Phi) is 6.03. The van der Waals surface area contributed by atoms with E-state index < -0.39 is 11.7 Å². The average molecular weight is 504 g/mol. The second kappa shape index (κ2) is 8.59. The van der Waals surface area contributed by atoms with Crippen LogP contribution in [0, 0.1) is 28.6 Å². The normalized spacial score (nSPS) is 45.0. The third-order valence-corrected chi connectivity index (χ3v) is 10.3. The molecule has 0 aromatic rings. The van der Waals surface area contributed by atoms with Crippen LogP contribution in [0.3, 0.4) is 0 Å². The molecule has 0 amide bonds. The SMILES string of the molecule is CC(=O)O[C@H]1CC[C@@]2(C)C(=C[C@H](OC(C)=O)C3C2[C@H](OC(C)=O)C[C@@]2(C)C3CCC23CCC(=[OH+])O3)C1. The first-order chi connectivity index (χ1) is 16.9. The molecule has 9 atom stereocenters. The molecule has 0 bridgehead atoms. The zero-order valence-corrected chi connectivity index (χ0v) is 22.0. The van der Waals surface area contributed by atoms with Crippen LogP contribution in [0.15, 0.2) is 11.6 Å². The largest absolute Gasteiger partial charge is 0.483 e. The van der Waals surface area contributed by atoms with Crippen LogP contribution >= 0.6 is 0 Å².